The van der Waals surface area contributed by atoms with Crippen molar-refractivity contribution in [1.29, 1.82) is 0 Å². The van der Waals surface area contributed by atoms with E-state index in [0.717, 1.165) is 18.5 Å². The Hall–Kier alpha value is -17.9. The van der Waals surface area contributed by atoms with Crippen molar-refractivity contribution in [3.63, 3.8) is 0 Å². The number of carbonyl (C=O) groups is 8. The third kappa shape index (κ3) is 25.2. The lowest BCUT2D eigenvalue weighted by atomic mass is 10.0. The summed E-state index contributed by atoms with van der Waals surface area (Å²) in [5.74, 6) is -3.29. The predicted molar refractivity (Wildman–Crippen MR) is 527 cm³/mol. The van der Waals surface area contributed by atoms with Crippen LogP contribution in [0.5, 0.6) is 34.5 Å². The smallest absolute Gasteiger partial charge is 0.387 e. The van der Waals surface area contributed by atoms with Gasteiger partial charge in [-0.15, -0.1) is 0 Å². The van der Waals surface area contributed by atoms with E-state index in [9.17, 15) is 77.9 Å². The number of ether oxygens (including phenoxy) is 5. The number of fused-ring (bicyclic) bond motifs is 5. The molecule has 13 heterocycles. The molecule has 150 heavy (non-hydrogen) atoms. The van der Waals surface area contributed by atoms with Gasteiger partial charge in [-0.1, -0.05) is 35.3 Å². The number of carbonyl (C=O) groups excluding carboxylic acids is 8. The predicted octanol–water partition coefficient (Wildman–Crippen LogP) is 14.5. The molecule has 1 aliphatic heterocycles. The van der Waals surface area contributed by atoms with Gasteiger partial charge < -0.3 is 69.9 Å². The summed E-state index contributed by atoms with van der Waals surface area (Å²) < 4.78 is 154. The highest BCUT2D eigenvalue weighted by Gasteiger charge is 2.33. The SMILES string of the molecule is CC(C(=O)N(C)C)n1cc(NC(=O)c2cnn3cccnc23)c(-c2cc(Cl)ccc2OC(F)F)n1.CC(C(=O)N(C)C)n1cc(NC(=O)c2cnn3cccnc23)c(-c2cc(Cl)ccc2OC(F)F)n1.CN(C)C(=O)Cn1cc(NC(=O)c2cnn3cccnc23)c(-c2cc(CCF)ccc2OC(F)F)n1.CN(C)C(=O)Cn1cc(NC(=O)c2cnn3cccnc23)c(-c2cc(Oc3ccc4c(c3)CNCC4)ccc2OC(F)F)n1. The molecular formula is C97H90Cl2F9N29O13. The van der Waals surface area contributed by atoms with E-state index in [1.165, 1.54) is 209 Å². The molecule has 12 aromatic heterocycles. The van der Waals surface area contributed by atoms with Crippen molar-refractivity contribution in [2.75, 3.05) is 90.9 Å². The van der Waals surface area contributed by atoms with Crippen molar-refractivity contribution < 1.29 is 102 Å². The maximum atomic E-state index is 13.5. The van der Waals surface area contributed by atoms with Crippen molar-refractivity contribution in [3.05, 3.63) is 263 Å². The molecule has 0 saturated heterocycles. The highest BCUT2D eigenvalue weighted by Crippen LogP contribution is 2.44. The first-order chi connectivity index (χ1) is 71.8. The first-order valence-electron chi connectivity index (χ1n) is 45.1. The van der Waals surface area contributed by atoms with E-state index in [1.807, 2.05) is 18.2 Å². The van der Waals surface area contributed by atoms with Crippen LogP contribution in [0, 0.1) is 0 Å². The second kappa shape index (κ2) is 47.1. The van der Waals surface area contributed by atoms with Gasteiger partial charge >= 0.3 is 26.4 Å². The second-order valence-electron chi connectivity index (χ2n) is 33.6. The number of alkyl halides is 9. The first kappa shape index (κ1) is 106. The molecule has 2 unspecified atom stereocenters. The van der Waals surface area contributed by atoms with Crippen LogP contribution in [0.1, 0.15) is 84.1 Å². The Morgan fingerprint density at radius 3 is 1.10 bits per heavy atom. The Bertz CT molecular complexity index is 7650. The van der Waals surface area contributed by atoms with Crippen LogP contribution in [0.2, 0.25) is 10.0 Å². The van der Waals surface area contributed by atoms with Gasteiger partial charge in [-0.3, -0.25) is 61.5 Å². The van der Waals surface area contributed by atoms with Crippen LogP contribution < -0.4 is 50.3 Å². The third-order valence-corrected chi connectivity index (χ3v) is 23.0. The number of aryl methyl sites for hydroxylation is 1. The lowest BCUT2D eigenvalue weighted by molar-refractivity contribution is -0.132. The van der Waals surface area contributed by atoms with Gasteiger partial charge in [0, 0.05) is 158 Å². The normalized spacial score (nSPS) is 12.0. The molecule has 5 N–H and O–H groups in total. The van der Waals surface area contributed by atoms with E-state index in [1.54, 1.807) is 119 Å². The molecule has 1 aliphatic rings. The van der Waals surface area contributed by atoms with Crippen molar-refractivity contribution in [1.82, 2.24) is 122 Å². The van der Waals surface area contributed by atoms with Crippen LogP contribution in [0.3, 0.4) is 0 Å². The summed E-state index contributed by atoms with van der Waals surface area (Å²) in [5.41, 5.74) is 6.12. The quantitative estimate of drug-likeness (QED) is 0.0244. The summed E-state index contributed by atoms with van der Waals surface area (Å²) in [7, 11) is 12.7. The number of hydrogen-bond acceptors (Lipinski definition) is 26. The van der Waals surface area contributed by atoms with Crippen molar-refractivity contribution in [3.8, 4) is 79.5 Å². The van der Waals surface area contributed by atoms with E-state index < -0.39 is 68.8 Å². The summed E-state index contributed by atoms with van der Waals surface area (Å²) >= 11 is 12.2. The fourth-order valence-electron chi connectivity index (χ4n) is 15.2. The van der Waals surface area contributed by atoms with Gasteiger partial charge in [0.05, 0.1) is 72.2 Å². The molecule has 8 amide bonds. The van der Waals surface area contributed by atoms with Crippen molar-refractivity contribution in [2.45, 2.75) is 84.9 Å². The molecule has 0 aliphatic carbocycles. The first-order valence-corrected chi connectivity index (χ1v) is 45.9. The maximum absolute atomic E-state index is 13.5. The number of nitrogens with one attached hydrogen (secondary N) is 5. The number of rotatable bonds is 32. The monoisotopic (exact) mass is 2110 g/mol. The Morgan fingerprint density at radius 1 is 0.407 bits per heavy atom. The number of halogens is 11. The minimum absolute atomic E-state index is 0.0392. The van der Waals surface area contributed by atoms with Crippen LogP contribution in [-0.4, -0.2) is 260 Å². The van der Waals surface area contributed by atoms with Crippen LogP contribution >= 0.6 is 23.2 Å². The number of amides is 8. The molecule has 5 aromatic carbocycles. The lowest BCUT2D eigenvalue weighted by Crippen LogP contribution is -2.30. The number of hydrogen-bond donors (Lipinski definition) is 5. The van der Waals surface area contributed by atoms with E-state index >= 15 is 0 Å². The fraction of sp³-hybridized carbons (Fsp3) is 0.237. The largest absolute Gasteiger partial charge is 0.457 e. The zero-order chi connectivity index (χ0) is 107. The van der Waals surface area contributed by atoms with Gasteiger partial charge in [-0.25, -0.2) is 38.0 Å². The van der Waals surface area contributed by atoms with E-state index in [0.29, 0.717) is 46.2 Å². The zero-order valence-electron chi connectivity index (χ0n) is 80.8. The number of aromatic nitrogens is 20. The Balaban J connectivity index is 0.000000150. The van der Waals surface area contributed by atoms with Gasteiger partial charge in [0.1, 0.15) is 105 Å². The highest BCUT2D eigenvalue weighted by atomic mass is 35.5. The Labute approximate surface area is 854 Å². The zero-order valence-corrected chi connectivity index (χ0v) is 82.3. The maximum Gasteiger partial charge on any atom is 0.387 e. The van der Waals surface area contributed by atoms with Crippen LogP contribution in [0.15, 0.2) is 214 Å². The Morgan fingerprint density at radius 2 is 0.740 bits per heavy atom. The summed E-state index contributed by atoms with van der Waals surface area (Å²) in [5, 5.41) is 48.9. The van der Waals surface area contributed by atoms with Gasteiger partial charge in [-0.2, -0.15) is 75.9 Å². The standard InChI is InChI=1S/C30H28F2N8O4.C23H22F3N7O3.2C22H20ClF2N7O3/c1-38(2)26(41)17-39-16-24(36-29(42)23-15-35-40-11-3-9-34-28(23)40)27(37-39)22-13-21(6-7-25(22)44-30(31)32)43-20-5-4-18-8-10-33-14-19(18)12-20;1-31(2)19(34)13-32-12-17(29-22(35)16-11-28-33-9-3-8-27-21(16)33)20(30-32)15-10-14(6-7-24)4-5-18(15)36-23(25)26;2*1-12(21(34)30(2)3)32-11-16(28-20(33)15-10-27-31-8-4-7-26-19(15)31)18(29-32)14-9-13(23)5-6-17(14)35-22(24)25/h3-7,9,11-13,15-16,30,33H,8,10,14,17H2,1-2H3,(H,36,42);3-5,8-12,23H,6-7,13H2,1-2H3,(H,29,35);2*4-12,22H,1-3H3,(H,28,33). The summed E-state index contributed by atoms with van der Waals surface area (Å²) in [6.45, 7) is -8.61. The summed E-state index contributed by atoms with van der Waals surface area (Å²) in [6.07, 6.45) is 24.7. The Kier molecular flexibility index (Phi) is 33.4. The molecule has 0 saturated carbocycles. The number of anilines is 4. The van der Waals surface area contributed by atoms with E-state index in [2.05, 4.69) is 102 Å². The molecule has 0 fully saturated rings. The fourth-order valence-corrected chi connectivity index (χ4v) is 15.5. The molecule has 0 spiro atoms. The van der Waals surface area contributed by atoms with Gasteiger partial charge in [0.15, 0.2) is 22.6 Å². The van der Waals surface area contributed by atoms with Crippen LogP contribution in [0.4, 0.5) is 62.3 Å². The van der Waals surface area contributed by atoms with Crippen molar-refractivity contribution in [2.24, 2.45) is 0 Å². The van der Waals surface area contributed by atoms with Crippen LogP contribution in [-0.2, 0) is 51.7 Å². The molecule has 17 aromatic rings. The van der Waals surface area contributed by atoms with Gasteiger partial charge in [0.25, 0.3) is 23.6 Å². The summed E-state index contributed by atoms with van der Waals surface area (Å²) in [6, 6.07) is 27.6. The molecule has 0 bridgehead atoms. The number of likely N-dealkylation sites (N-methyl/N-ethyl adjacent to an activating group) is 4. The minimum atomic E-state index is -3.13. The number of benzene rings is 5. The van der Waals surface area contributed by atoms with Gasteiger partial charge in [-0.05, 0) is 147 Å². The van der Waals surface area contributed by atoms with E-state index in [4.69, 9.17) is 32.7 Å². The highest BCUT2D eigenvalue weighted by molar-refractivity contribution is 6.31. The average molecular weight is 2110 g/mol. The second-order valence-corrected chi connectivity index (χ2v) is 34.5. The van der Waals surface area contributed by atoms with Gasteiger partial charge in [0.2, 0.25) is 23.6 Å². The third-order valence-electron chi connectivity index (χ3n) is 22.5. The lowest BCUT2D eigenvalue weighted by Gasteiger charge is -2.18. The van der Waals surface area contributed by atoms with E-state index in [-0.39, 0.29) is 166 Å². The molecule has 53 heteroatoms. The molecular weight excluding hydrogens is 2020 g/mol. The minimum Gasteiger partial charge on any atom is -0.457 e. The number of nitrogens with zero attached hydrogens (tertiary/aromatic N) is 24. The topological polar surface area (TPSA) is 448 Å². The molecule has 2 atom stereocenters. The molecule has 778 valence electrons. The molecule has 0 radical (unpaired) electrons. The van der Waals surface area contributed by atoms with Crippen LogP contribution in [0.25, 0.3) is 67.6 Å². The van der Waals surface area contributed by atoms with Crippen molar-refractivity contribution >= 4 is 116 Å². The summed E-state index contributed by atoms with van der Waals surface area (Å²) in [4.78, 5) is 125. The molecule has 18 rings (SSSR count). The molecule has 42 nitrogen and oxygen atoms in total. The average Bonchev–Trinajstić information content (AvgIpc) is 1.61.